The number of carbonyl (C=O) groups is 1. The van der Waals surface area contributed by atoms with Crippen molar-refractivity contribution >= 4 is 5.91 Å². The normalized spacial score (nSPS) is 24.6. The van der Waals surface area contributed by atoms with Crippen molar-refractivity contribution in [2.75, 3.05) is 46.9 Å². The van der Waals surface area contributed by atoms with Gasteiger partial charge in [0.25, 0.3) is 0 Å². The molecule has 0 saturated carbocycles. The van der Waals surface area contributed by atoms with Crippen LogP contribution in [0.5, 0.6) is 0 Å². The molecule has 0 aromatic rings. The average Bonchev–Trinajstić information content (AvgIpc) is 2.31. The van der Waals surface area contributed by atoms with E-state index in [1.54, 1.807) is 4.90 Å². The van der Waals surface area contributed by atoms with Crippen LogP contribution in [0.4, 0.5) is 0 Å². The maximum absolute atomic E-state index is 11.9. The molecule has 0 aromatic carbocycles. The van der Waals surface area contributed by atoms with Gasteiger partial charge in [-0.2, -0.15) is 0 Å². The number of hydrogen-bond acceptors (Lipinski definition) is 4. The number of nitrogens with zero attached hydrogens (tertiary/aromatic N) is 2. The molecular weight excluding hydrogens is 232 g/mol. The second kappa shape index (κ2) is 7.71. The van der Waals surface area contributed by atoms with Crippen molar-refractivity contribution in [1.29, 1.82) is 0 Å². The van der Waals surface area contributed by atoms with Crippen LogP contribution in [0.2, 0.25) is 0 Å². The van der Waals surface area contributed by atoms with Gasteiger partial charge in [0, 0.05) is 32.2 Å². The molecule has 0 spiro atoms. The Balaban J connectivity index is 2.33. The fourth-order valence-corrected chi connectivity index (χ4v) is 2.35. The van der Waals surface area contributed by atoms with Gasteiger partial charge in [-0.15, -0.1) is 0 Å². The Morgan fingerprint density at radius 3 is 2.78 bits per heavy atom. The van der Waals surface area contributed by atoms with Gasteiger partial charge in [0.15, 0.2) is 0 Å². The van der Waals surface area contributed by atoms with Gasteiger partial charge in [-0.1, -0.05) is 0 Å². The summed E-state index contributed by atoms with van der Waals surface area (Å²) in [6.45, 7) is 5.12. The summed E-state index contributed by atoms with van der Waals surface area (Å²) < 4.78 is 5.18. The summed E-state index contributed by atoms with van der Waals surface area (Å²) in [5.41, 5.74) is 0. The van der Waals surface area contributed by atoms with Gasteiger partial charge in [0.05, 0.1) is 19.1 Å². The second-order valence-corrected chi connectivity index (χ2v) is 5.17. The number of amides is 1. The lowest BCUT2D eigenvalue weighted by Gasteiger charge is -2.37. The van der Waals surface area contributed by atoms with Crippen LogP contribution in [-0.4, -0.2) is 73.9 Å². The number of aliphatic hydroxyl groups is 1. The molecule has 1 N–H and O–H groups in total. The molecule has 1 aliphatic rings. The molecule has 1 rings (SSSR count). The number of hydrogen-bond donors (Lipinski definition) is 1. The van der Waals surface area contributed by atoms with Crippen LogP contribution in [0, 0.1) is 5.92 Å². The van der Waals surface area contributed by atoms with E-state index in [1.165, 1.54) is 0 Å². The third-order valence-corrected chi connectivity index (χ3v) is 3.34. The highest BCUT2D eigenvalue weighted by atomic mass is 16.5. The van der Waals surface area contributed by atoms with Crippen LogP contribution >= 0.6 is 0 Å². The molecule has 1 saturated heterocycles. The molecule has 0 bridgehead atoms. The Hall–Kier alpha value is -0.650. The Bertz CT molecular complexity index is 259. The predicted octanol–water partition coefficient (Wildman–Crippen LogP) is 0.184. The maximum Gasteiger partial charge on any atom is 0.224 e. The van der Waals surface area contributed by atoms with Crippen LogP contribution in [0.3, 0.4) is 0 Å². The average molecular weight is 258 g/mol. The molecule has 0 radical (unpaired) electrons. The van der Waals surface area contributed by atoms with E-state index in [0.29, 0.717) is 26.2 Å². The van der Waals surface area contributed by atoms with Crippen LogP contribution in [-0.2, 0) is 9.53 Å². The molecule has 1 amide bonds. The zero-order valence-electron chi connectivity index (χ0n) is 11.8. The number of carbonyl (C=O) groups excluding carboxylic acids is 1. The first-order chi connectivity index (χ1) is 8.54. The van der Waals surface area contributed by atoms with E-state index in [1.807, 2.05) is 21.0 Å². The van der Waals surface area contributed by atoms with Crippen molar-refractivity contribution in [3.05, 3.63) is 0 Å². The van der Waals surface area contributed by atoms with Gasteiger partial charge in [0.2, 0.25) is 5.91 Å². The largest absolute Gasteiger partial charge is 0.391 e. The van der Waals surface area contributed by atoms with Crippen molar-refractivity contribution < 1.29 is 14.6 Å². The topological polar surface area (TPSA) is 53.0 Å². The molecule has 1 aliphatic heterocycles. The summed E-state index contributed by atoms with van der Waals surface area (Å²) in [4.78, 5) is 15.7. The standard InChI is InChI=1S/C13H26N2O3/c1-4-18-8-6-13(17)15-7-5-11(9-14(2)3)12(16)10-15/h11-12,16H,4-10H2,1-3H3/t11-,12+/m0/s1. The lowest BCUT2D eigenvalue weighted by molar-refractivity contribution is -0.136. The Labute approximate surface area is 110 Å². The van der Waals surface area contributed by atoms with E-state index in [0.717, 1.165) is 19.5 Å². The van der Waals surface area contributed by atoms with Gasteiger partial charge in [-0.25, -0.2) is 0 Å². The lowest BCUT2D eigenvalue weighted by Crippen LogP contribution is -2.49. The van der Waals surface area contributed by atoms with E-state index in [9.17, 15) is 9.90 Å². The molecular formula is C13H26N2O3. The molecule has 5 heteroatoms. The van der Waals surface area contributed by atoms with E-state index in [4.69, 9.17) is 4.74 Å². The third-order valence-electron chi connectivity index (χ3n) is 3.34. The van der Waals surface area contributed by atoms with Gasteiger partial charge >= 0.3 is 0 Å². The van der Waals surface area contributed by atoms with Crippen molar-refractivity contribution in [3.8, 4) is 0 Å². The number of aliphatic hydroxyl groups excluding tert-OH is 1. The fraction of sp³-hybridized carbons (Fsp3) is 0.923. The van der Waals surface area contributed by atoms with Crippen LogP contribution in [0.15, 0.2) is 0 Å². The van der Waals surface area contributed by atoms with Crippen LogP contribution < -0.4 is 0 Å². The van der Waals surface area contributed by atoms with Gasteiger partial charge < -0.3 is 19.6 Å². The number of piperidine rings is 1. The summed E-state index contributed by atoms with van der Waals surface area (Å²) in [5.74, 6) is 0.363. The van der Waals surface area contributed by atoms with Crippen molar-refractivity contribution in [3.63, 3.8) is 0 Å². The minimum Gasteiger partial charge on any atom is -0.391 e. The molecule has 0 aromatic heterocycles. The molecule has 0 unspecified atom stereocenters. The highest BCUT2D eigenvalue weighted by Crippen LogP contribution is 2.19. The van der Waals surface area contributed by atoms with E-state index < -0.39 is 6.10 Å². The Morgan fingerprint density at radius 1 is 1.50 bits per heavy atom. The maximum atomic E-state index is 11.9. The minimum atomic E-state index is -0.405. The van der Waals surface area contributed by atoms with Crippen LogP contribution in [0.25, 0.3) is 0 Å². The number of likely N-dealkylation sites (tertiary alicyclic amines) is 1. The smallest absolute Gasteiger partial charge is 0.224 e. The summed E-state index contributed by atoms with van der Waals surface area (Å²) >= 11 is 0. The highest BCUT2D eigenvalue weighted by molar-refractivity contribution is 5.76. The number of β-amino-alcohol motifs (C(OH)–C–C–N with tert-alkyl or cyclic N) is 1. The van der Waals surface area contributed by atoms with Gasteiger partial charge in [-0.3, -0.25) is 4.79 Å². The Morgan fingerprint density at radius 2 is 2.22 bits per heavy atom. The molecule has 18 heavy (non-hydrogen) atoms. The molecule has 5 nitrogen and oxygen atoms in total. The highest BCUT2D eigenvalue weighted by Gasteiger charge is 2.29. The summed E-state index contributed by atoms with van der Waals surface area (Å²) in [7, 11) is 4.01. The van der Waals surface area contributed by atoms with Crippen LogP contribution in [0.1, 0.15) is 19.8 Å². The predicted molar refractivity (Wildman–Crippen MR) is 70.4 cm³/mol. The zero-order chi connectivity index (χ0) is 13.5. The van der Waals surface area contributed by atoms with E-state index in [-0.39, 0.29) is 11.8 Å². The first-order valence-corrected chi connectivity index (χ1v) is 6.73. The Kier molecular flexibility index (Phi) is 6.60. The first-order valence-electron chi connectivity index (χ1n) is 6.73. The third kappa shape index (κ3) is 4.92. The monoisotopic (exact) mass is 258 g/mol. The summed E-state index contributed by atoms with van der Waals surface area (Å²) in [5, 5.41) is 10.1. The molecule has 1 fully saturated rings. The molecule has 2 atom stereocenters. The summed E-state index contributed by atoms with van der Waals surface area (Å²) in [6.07, 6.45) is 0.885. The van der Waals surface area contributed by atoms with Gasteiger partial charge in [0.1, 0.15) is 0 Å². The first kappa shape index (κ1) is 15.4. The minimum absolute atomic E-state index is 0.0887. The van der Waals surface area contributed by atoms with Crippen molar-refractivity contribution in [1.82, 2.24) is 9.80 Å². The molecule has 106 valence electrons. The SMILES string of the molecule is CCOCCC(=O)N1CC[C@@H](CN(C)C)[C@H](O)C1. The fourth-order valence-electron chi connectivity index (χ4n) is 2.35. The van der Waals surface area contributed by atoms with Crippen molar-refractivity contribution in [2.45, 2.75) is 25.9 Å². The molecule has 1 heterocycles. The van der Waals surface area contributed by atoms with E-state index in [2.05, 4.69) is 4.90 Å². The van der Waals surface area contributed by atoms with Gasteiger partial charge in [-0.05, 0) is 27.4 Å². The second-order valence-electron chi connectivity index (χ2n) is 5.17. The molecule has 0 aliphatic carbocycles. The van der Waals surface area contributed by atoms with Crippen molar-refractivity contribution in [2.24, 2.45) is 5.92 Å². The lowest BCUT2D eigenvalue weighted by atomic mass is 9.93. The van der Waals surface area contributed by atoms with E-state index >= 15 is 0 Å². The summed E-state index contributed by atoms with van der Waals surface area (Å²) in [6, 6.07) is 0. The number of rotatable bonds is 6. The zero-order valence-corrected chi connectivity index (χ0v) is 11.8. The number of ether oxygens (including phenoxy) is 1. The quantitative estimate of drug-likeness (QED) is 0.691.